The van der Waals surface area contributed by atoms with Crippen molar-refractivity contribution >= 4 is 11.9 Å². The van der Waals surface area contributed by atoms with Gasteiger partial charge in [0.2, 0.25) is 11.9 Å². The van der Waals surface area contributed by atoms with Crippen molar-refractivity contribution in [2.75, 3.05) is 24.6 Å². The summed E-state index contributed by atoms with van der Waals surface area (Å²) in [7, 11) is 1.71. The molecule has 0 radical (unpaired) electrons. The van der Waals surface area contributed by atoms with Gasteiger partial charge >= 0.3 is 0 Å². The molecule has 0 spiro atoms. The van der Waals surface area contributed by atoms with E-state index in [2.05, 4.69) is 9.97 Å². The quantitative estimate of drug-likeness (QED) is 0.694. The van der Waals surface area contributed by atoms with Crippen molar-refractivity contribution in [3.05, 3.63) is 70.4 Å². The number of aromatic nitrogens is 4. The Labute approximate surface area is 173 Å². The van der Waals surface area contributed by atoms with Crippen molar-refractivity contribution in [1.29, 1.82) is 0 Å². The number of primary amides is 1. The maximum Gasteiger partial charge on any atom is 0.255 e. The molecule has 4 rings (SSSR count). The number of hydrogen-bond donors (Lipinski definition) is 1. The average molecular weight is 406 g/mol. The van der Waals surface area contributed by atoms with E-state index in [1.54, 1.807) is 31.4 Å². The van der Waals surface area contributed by atoms with E-state index in [0.29, 0.717) is 42.6 Å². The van der Waals surface area contributed by atoms with Gasteiger partial charge in [0.1, 0.15) is 12.4 Å². The highest BCUT2D eigenvalue weighted by Gasteiger charge is 2.24. The van der Waals surface area contributed by atoms with Gasteiger partial charge in [0, 0.05) is 38.0 Å². The molecule has 1 aromatic carbocycles. The summed E-state index contributed by atoms with van der Waals surface area (Å²) in [5, 5.41) is 0. The first-order valence-electron chi connectivity index (χ1n) is 9.63. The van der Waals surface area contributed by atoms with E-state index >= 15 is 0 Å². The lowest BCUT2D eigenvalue weighted by Crippen LogP contribution is -2.34. The molecule has 2 N–H and O–H groups in total. The molecule has 30 heavy (non-hydrogen) atoms. The maximum atomic E-state index is 12.6. The molecule has 1 atom stereocenters. The zero-order chi connectivity index (χ0) is 21.1. The number of nitrogens with zero attached hydrogens (tertiary/aromatic N) is 5. The second-order valence-electron chi connectivity index (χ2n) is 7.08. The SMILES string of the molecule is Cn1c(N2CCCO[C@@H](c3ccc(C(N)=O)cc3)C2)nc(-c2ccncn2)cc1=O. The van der Waals surface area contributed by atoms with E-state index in [4.69, 9.17) is 15.5 Å². The smallest absolute Gasteiger partial charge is 0.255 e. The number of ether oxygens (including phenoxy) is 1. The van der Waals surface area contributed by atoms with Gasteiger partial charge in [-0.3, -0.25) is 14.2 Å². The summed E-state index contributed by atoms with van der Waals surface area (Å²) in [4.78, 5) is 38.8. The topological polar surface area (TPSA) is 116 Å². The van der Waals surface area contributed by atoms with Gasteiger partial charge in [0.15, 0.2) is 0 Å². The minimum Gasteiger partial charge on any atom is -0.372 e. The number of amides is 1. The number of benzene rings is 1. The molecule has 1 fully saturated rings. The highest BCUT2D eigenvalue weighted by atomic mass is 16.5. The monoisotopic (exact) mass is 406 g/mol. The van der Waals surface area contributed by atoms with Gasteiger partial charge in [-0.2, -0.15) is 0 Å². The fraction of sp³-hybridized carbons (Fsp3) is 0.286. The largest absolute Gasteiger partial charge is 0.372 e. The molecular weight excluding hydrogens is 384 g/mol. The molecule has 0 aliphatic carbocycles. The minimum atomic E-state index is -0.467. The molecule has 3 aromatic rings. The first-order valence-corrected chi connectivity index (χ1v) is 9.63. The average Bonchev–Trinajstić information content (AvgIpc) is 3.02. The summed E-state index contributed by atoms with van der Waals surface area (Å²) in [6.45, 7) is 1.80. The predicted molar refractivity (Wildman–Crippen MR) is 111 cm³/mol. The number of carbonyl (C=O) groups is 1. The van der Waals surface area contributed by atoms with Crippen molar-refractivity contribution in [3.8, 4) is 11.4 Å². The van der Waals surface area contributed by atoms with Crippen molar-refractivity contribution in [1.82, 2.24) is 19.5 Å². The van der Waals surface area contributed by atoms with E-state index in [9.17, 15) is 9.59 Å². The molecule has 154 valence electrons. The van der Waals surface area contributed by atoms with Crippen LogP contribution in [-0.4, -0.2) is 45.1 Å². The molecule has 9 heteroatoms. The third kappa shape index (κ3) is 4.06. The van der Waals surface area contributed by atoms with Crippen molar-refractivity contribution in [2.24, 2.45) is 12.8 Å². The molecule has 2 aromatic heterocycles. The lowest BCUT2D eigenvalue weighted by molar-refractivity contribution is 0.0685. The third-order valence-corrected chi connectivity index (χ3v) is 5.08. The van der Waals surface area contributed by atoms with E-state index in [-0.39, 0.29) is 11.7 Å². The fourth-order valence-electron chi connectivity index (χ4n) is 3.45. The second-order valence-corrected chi connectivity index (χ2v) is 7.08. The Bertz CT molecular complexity index is 1100. The van der Waals surface area contributed by atoms with Crippen LogP contribution in [0.25, 0.3) is 11.4 Å². The summed E-state index contributed by atoms with van der Waals surface area (Å²) in [5.41, 5.74) is 7.64. The summed E-state index contributed by atoms with van der Waals surface area (Å²) in [6.07, 6.45) is 3.62. The summed E-state index contributed by atoms with van der Waals surface area (Å²) < 4.78 is 7.56. The van der Waals surface area contributed by atoms with E-state index in [1.807, 2.05) is 17.0 Å². The Hall–Kier alpha value is -3.59. The lowest BCUT2D eigenvalue weighted by atomic mass is 10.1. The van der Waals surface area contributed by atoms with E-state index in [1.165, 1.54) is 17.0 Å². The van der Waals surface area contributed by atoms with Crippen LogP contribution < -0.4 is 16.2 Å². The number of hydrogen-bond acceptors (Lipinski definition) is 7. The van der Waals surface area contributed by atoms with Crippen molar-refractivity contribution in [2.45, 2.75) is 12.5 Å². The third-order valence-electron chi connectivity index (χ3n) is 5.08. The van der Waals surface area contributed by atoms with Gasteiger partial charge in [-0.15, -0.1) is 0 Å². The summed E-state index contributed by atoms with van der Waals surface area (Å²) in [5.74, 6) is 0.0890. The van der Waals surface area contributed by atoms with Crippen LogP contribution in [0.5, 0.6) is 0 Å². The predicted octanol–water partition coefficient (Wildman–Crippen LogP) is 1.30. The maximum absolute atomic E-state index is 12.6. The standard InChI is InChI=1S/C21H22N6O3/c1-26-19(28)11-17(16-7-8-23-13-24-16)25-21(26)27-9-2-10-30-18(12-27)14-3-5-15(6-4-14)20(22)29/h3-8,11,13,18H,2,9-10,12H2,1H3,(H2,22,29)/t18-/m1/s1. The van der Waals surface area contributed by atoms with Gasteiger partial charge in [-0.05, 0) is 30.2 Å². The van der Waals surface area contributed by atoms with E-state index < -0.39 is 5.91 Å². The Balaban J connectivity index is 1.66. The van der Waals surface area contributed by atoms with Crippen LogP contribution in [0.15, 0.2) is 53.7 Å². The Morgan fingerprint density at radius 1 is 1.20 bits per heavy atom. The summed E-state index contributed by atoms with van der Waals surface area (Å²) >= 11 is 0. The molecule has 0 unspecified atom stereocenters. The first kappa shape index (κ1) is 19.7. The zero-order valence-electron chi connectivity index (χ0n) is 16.6. The van der Waals surface area contributed by atoms with Crippen LogP contribution in [0.3, 0.4) is 0 Å². The lowest BCUT2D eigenvalue weighted by Gasteiger charge is -2.26. The Kier molecular flexibility index (Phi) is 5.53. The van der Waals surface area contributed by atoms with Gasteiger partial charge < -0.3 is 15.4 Å². The Morgan fingerprint density at radius 2 is 2.00 bits per heavy atom. The number of nitrogens with two attached hydrogens (primary N) is 1. The van der Waals surface area contributed by atoms with Crippen LogP contribution >= 0.6 is 0 Å². The summed E-state index contributed by atoms with van der Waals surface area (Å²) in [6, 6.07) is 10.3. The van der Waals surface area contributed by atoms with E-state index in [0.717, 1.165) is 12.0 Å². The molecule has 1 amide bonds. The molecule has 0 bridgehead atoms. The van der Waals surface area contributed by atoms with Crippen molar-refractivity contribution < 1.29 is 9.53 Å². The van der Waals surface area contributed by atoms with Crippen LogP contribution in [0.2, 0.25) is 0 Å². The minimum absolute atomic E-state index is 0.166. The molecule has 3 heterocycles. The van der Waals surface area contributed by atoms with Gasteiger partial charge in [-0.1, -0.05) is 12.1 Å². The first-order chi connectivity index (χ1) is 14.5. The molecule has 1 aliphatic rings. The zero-order valence-corrected chi connectivity index (χ0v) is 16.6. The molecule has 1 aliphatic heterocycles. The Morgan fingerprint density at radius 3 is 2.70 bits per heavy atom. The van der Waals surface area contributed by atoms with Crippen LogP contribution in [0.1, 0.15) is 28.4 Å². The van der Waals surface area contributed by atoms with Gasteiger partial charge in [0.05, 0.1) is 17.9 Å². The number of anilines is 1. The number of carbonyl (C=O) groups excluding carboxylic acids is 1. The molecular formula is C21H22N6O3. The highest BCUT2D eigenvalue weighted by molar-refractivity contribution is 5.92. The van der Waals surface area contributed by atoms with Gasteiger partial charge in [-0.25, -0.2) is 15.0 Å². The second kappa shape index (κ2) is 8.42. The molecule has 9 nitrogen and oxygen atoms in total. The van der Waals surface area contributed by atoms with Crippen LogP contribution in [0, 0.1) is 0 Å². The molecule has 0 saturated carbocycles. The molecule has 1 saturated heterocycles. The van der Waals surface area contributed by atoms with Crippen LogP contribution in [-0.2, 0) is 11.8 Å². The normalized spacial score (nSPS) is 16.8. The fourth-order valence-corrected chi connectivity index (χ4v) is 3.45. The van der Waals surface area contributed by atoms with Crippen LogP contribution in [0.4, 0.5) is 5.95 Å². The van der Waals surface area contributed by atoms with Crippen molar-refractivity contribution in [3.63, 3.8) is 0 Å². The van der Waals surface area contributed by atoms with Gasteiger partial charge in [0.25, 0.3) is 5.56 Å². The highest BCUT2D eigenvalue weighted by Crippen LogP contribution is 2.25. The number of rotatable bonds is 4.